The van der Waals surface area contributed by atoms with E-state index in [9.17, 15) is 9.59 Å². The van der Waals surface area contributed by atoms with Crippen LogP contribution in [0.4, 0.5) is 4.79 Å². The Balaban J connectivity index is 1.50. The highest BCUT2D eigenvalue weighted by Gasteiger charge is 2.49. The summed E-state index contributed by atoms with van der Waals surface area (Å²) < 4.78 is 21.9. The molecule has 3 aliphatic heterocycles. The average Bonchev–Trinajstić information content (AvgIpc) is 3.09. The van der Waals surface area contributed by atoms with Gasteiger partial charge in [-0.1, -0.05) is 0 Å². The van der Waals surface area contributed by atoms with Crippen LogP contribution in [-0.2, 0) is 23.7 Å². The molecule has 0 bridgehead atoms. The summed E-state index contributed by atoms with van der Waals surface area (Å²) in [6, 6.07) is -0.356. The highest BCUT2D eigenvalue weighted by atomic mass is 16.6. The Morgan fingerprint density at radius 1 is 1.18 bits per heavy atom. The van der Waals surface area contributed by atoms with E-state index in [0.29, 0.717) is 39.5 Å². The summed E-state index contributed by atoms with van der Waals surface area (Å²) in [6.45, 7) is 2.80. The first-order chi connectivity index (χ1) is 10.6. The van der Waals surface area contributed by atoms with E-state index in [1.54, 1.807) is 4.90 Å². The van der Waals surface area contributed by atoms with Gasteiger partial charge in [0.15, 0.2) is 0 Å². The zero-order chi connectivity index (χ0) is 15.5. The normalized spacial score (nSPS) is 34.5. The van der Waals surface area contributed by atoms with Gasteiger partial charge in [0, 0.05) is 13.1 Å². The van der Waals surface area contributed by atoms with Gasteiger partial charge in [-0.2, -0.15) is 0 Å². The van der Waals surface area contributed by atoms with Crippen molar-refractivity contribution >= 4 is 11.9 Å². The maximum Gasteiger partial charge on any atom is 0.317 e. The first-order valence-corrected chi connectivity index (χ1v) is 7.41. The highest BCUT2D eigenvalue weighted by molar-refractivity contribution is 5.75. The number of carbonyl (C=O) groups is 2. The molecule has 0 unspecified atom stereocenters. The molecule has 9 heteroatoms. The zero-order valence-electron chi connectivity index (χ0n) is 12.2. The van der Waals surface area contributed by atoms with E-state index in [-0.39, 0.29) is 37.0 Å². The molecule has 0 aromatic rings. The molecule has 0 spiro atoms. The van der Waals surface area contributed by atoms with Crippen molar-refractivity contribution in [3.8, 4) is 0 Å². The van der Waals surface area contributed by atoms with E-state index < -0.39 is 5.91 Å². The van der Waals surface area contributed by atoms with Gasteiger partial charge >= 0.3 is 6.03 Å². The van der Waals surface area contributed by atoms with Gasteiger partial charge in [0.25, 0.3) is 0 Å². The second-order valence-electron chi connectivity index (χ2n) is 5.57. The SMILES string of the molecule is NC(=O)CO[C@@H]1CO[C@H]2[C@@H]1OC[C@@H]2NC(=O)N1CCOCC1. The van der Waals surface area contributed by atoms with E-state index in [1.165, 1.54) is 0 Å². The average molecular weight is 315 g/mol. The van der Waals surface area contributed by atoms with Crippen molar-refractivity contribution in [2.24, 2.45) is 5.73 Å². The summed E-state index contributed by atoms with van der Waals surface area (Å²) in [5.41, 5.74) is 5.07. The van der Waals surface area contributed by atoms with E-state index in [0.717, 1.165) is 0 Å². The number of hydrogen-bond donors (Lipinski definition) is 2. The predicted octanol–water partition coefficient (Wildman–Crippen LogP) is -1.94. The fourth-order valence-corrected chi connectivity index (χ4v) is 2.94. The number of amides is 3. The van der Waals surface area contributed by atoms with E-state index in [1.807, 2.05) is 0 Å². The number of primary amides is 1. The van der Waals surface area contributed by atoms with Crippen molar-refractivity contribution in [2.45, 2.75) is 24.4 Å². The number of rotatable bonds is 4. The summed E-state index contributed by atoms with van der Waals surface area (Å²) in [5.74, 6) is -0.529. The number of nitrogens with zero attached hydrogens (tertiary/aromatic N) is 1. The molecule has 22 heavy (non-hydrogen) atoms. The minimum absolute atomic E-state index is 0.136. The van der Waals surface area contributed by atoms with Crippen LogP contribution < -0.4 is 11.1 Å². The van der Waals surface area contributed by atoms with Gasteiger partial charge in [-0.25, -0.2) is 4.79 Å². The molecule has 0 saturated carbocycles. The number of fused-ring (bicyclic) bond motifs is 1. The fourth-order valence-electron chi connectivity index (χ4n) is 2.94. The van der Waals surface area contributed by atoms with Crippen LogP contribution in [0.5, 0.6) is 0 Å². The van der Waals surface area contributed by atoms with Gasteiger partial charge in [0.2, 0.25) is 5.91 Å². The molecule has 3 N–H and O–H groups in total. The van der Waals surface area contributed by atoms with Crippen LogP contribution >= 0.6 is 0 Å². The second kappa shape index (κ2) is 6.78. The molecule has 0 aromatic heterocycles. The summed E-state index contributed by atoms with van der Waals surface area (Å²) in [5, 5.41) is 2.94. The standard InChI is InChI=1S/C13H21N3O6/c14-10(17)7-20-9-6-22-11-8(5-21-12(9)11)15-13(18)16-1-3-19-4-2-16/h8-9,11-12H,1-7H2,(H2,14,17)(H,15,18)/t8-,9+,11+,12+/m0/s1. The van der Waals surface area contributed by atoms with Crippen LogP contribution in [0.1, 0.15) is 0 Å². The number of hydrogen-bond acceptors (Lipinski definition) is 6. The molecule has 3 fully saturated rings. The molecule has 0 aliphatic carbocycles. The van der Waals surface area contributed by atoms with Crippen LogP contribution in [0.2, 0.25) is 0 Å². The third kappa shape index (κ3) is 3.32. The molecule has 3 amide bonds. The molecular formula is C13H21N3O6. The predicted molar refractivity (Wildman–Crippen MR) is 73.1 cm³/mol. The number of nitrogens with two attached hydrogens (primary N) is 1. The fraction of sp³-hybridized carbons (Fsp3) is 0.846. The van der Waals surface area contributed by atoms with Crippen LogP contribution in [-0.4, -0.2) is 87.3 Å². The monoisotopic (exact) mass is 315 g/mol. The molecule has 124 valence electrons. The lowest BCUT2D eigenvalue weighted by Gasteiger charge is -2.29. The van der Waals surface area contributed by atoms with Crippen molar-refractivity contribution in [1.82, 2.24) is 10.2 Å². The third-order valence-corrected chi connectivity index (χ3v) is 4.05. The van der Waals surface area contributed by atoms with Gasteiger partial charge in [0.1, 0.15) is 24.9 Å². The molecule has 3 heterocycles. The van der Waals surface area contributed by atoms with Crippen LogP contribution in [0.25, 0.3) is 0 Å². The number of nitrogens with one attached hydrogen (secondary N) is 1. The van der Waals surface area contributed by atoms with E-state index in [2.05, 4.69) is 5.32 Å². The molecule has 0 aromatic carbocycles. The number of morpholine rings is 1. The first kappa shape index (κ1) is 15.5. The van der Waals surface area contributed by atoms with Gasteiger partial charge in [-0.05, 0) is 0 Å². The van der Waals surface area contributed by atoms with Gasteiger partial charge in [-0.15, -0.1) is 0 Å². The Hall–Kier alpha value is -1.42. The topological polar surface area (TPSA) is 112 Å². The van der Waals surface area contributed by atoms with Crippen LogP contribution in [0.15, 0.2) is 0 Å². The van der Waals surface area contributed by atoms with Crippen LogP contribution in [0, 0.1) is 0 Å². The maximum atomic E-state index is 12.2. The molecule has 3 saturated heterocycles. The van der Waals surface area contributed by atoms with E-state index in [4.69, 9.17) is 24.7 Å². The second-order valence-corrected chi connectivity index (χ2v) is 5.57. The minimum atomic E-state index is -0.529. The molecule has 0 radical (unpaired) electrons. The maximum absolute atomic E-state index is 12.2. The molecular weight excluding hydrogens is 294 g/mol. The molecule has 9 nitrogen and oxygen atoms in total. The number of carbonyl (C=O) groups excluding carboxylic acids is 2. The van der Waals surface area contributed by atoms with Crippen molar-refractivity contribution in [2.75, 3.05) is 46.1 Å². The molecule has 3 rings (SSSR count). The zero-order valence-corrected chi connectivity index (χ0v) is 12.2. The lowest BCUT2D eigenvalue weighted by atomic mass is 10.1. The van der Waals surface area contributed by atoms with Crippen molar-refractivity contribution in [1.29, 1.82) is 0 Å². The van der Waals surface area contributed by atoms with E-state index >= 15 is 0 Å². The summed E-state index contributed by atoms with van der Waals surface area (Å²) in [7, 11) is 0. The van der Waals surface area contributed by atoms with Gasteiger partial charge in [0.05, 0.1) is 32.5 Å². The summed E-state index contributed by atoms with van der Waals surface area (Å²) in [6.07, 6.45) is -0.875. The lowest BCUT2D eigenvalue weighted by Crippen LogP contribution is -2.52. The van der Waals surface area contributed by atoms with Gasteiger partial charge < -0.3 is 34.9 Å². The quantitative estimate of drug-likeness (QED) is 0.624. The van der Waals surface area contributed by atoms with Crippen molar-refractivity contribution in [3.63, 3.8) is 0 Å². The Bertz CT molecular complexity index is 428. The minimum Gasteiger partial charge on any atom is -0.378 e. The number of urea groups is 1. The Morgan fingerprint density at radius 3 is 2.64 bits per heavy atom. The summed E-state index contributed by atoms with van der Waals surface area (Å²) >= 11 is 0. The lowest BCUT2D eigenvalue weighted by molar-refractivity contribution is -0.126. The van der Waals surface area contributed by atoms with Gasteiger partial charge in [-0.3, -0.25) is 4.79 Å². The first-order valence-electron chi connectivity index (χ1n) is 7.41. The Morgan fingerprint density at radius 2 is 1.91 bits per heavy atom. The van der Waals surface area contributed by atoms with Crippen LogP contribution in [0.3, 0.4) is 0 Å². The molecule has 4 atom stereocenters. The van der Waals surface area contributed by atoms with Crippen molar-refractivity contribution in [3.05, 3.63) is 0 Å². The number of ether oxygens (including phenoxy) is 4. The third-order valence-electron chi connectivity index (χ3n) is 4.05. The highest BCUT2D eigenvalue weighted by Crippen LogP contribution is 2.29. The largest absolute Gasteiger partial charge is 0.378 e. The summed E-state index contributed by atoms with van der Waals surface area (Å²) in [4.78, 5) is 24.7. The Kier molecular flexibility index (Phi) is 4.77. The molecule has 3 aliphatic rings. The van der Waals surface area contributed by atoms with Crippen molar-refractivity contribution < 1.29 is 28.5 Å². The Labute approximate surface area is 128 Å². The smallest absolute Gasteiger partial charge is 0.317 e.